The van der Waals surface area contributed by atoms with Crippen molar-refractivity contribution < 1.29 is 0 Å². The normalized spacial score (nSPS) is 11.0. The lowest BCUT2D eigenvalue weighted by molar-refractivity contribution is 0.393. The van der Waals surface area contributed by atoms with Gasteiger partial charge in [-0.25, -0.2) is 0 Å². The van der Waals surface area contributed by atoms with Crippen molar-refractivity contribution in [1.29, 1.82) is 0 Å². The van der Waals surface area contributed by atoms with E-state index < -0.39 is 0 Å². The number of aromatic nitrogens is 2. The lowest BCUT2D eigenvalue weighted by Gasteiger charge is -2.26. The molecule has 5 nitrogen and oxygen atoms in total. The summed E-state index contributed by atoms with van der Waals surface area (Å²) in [5.41, 5.74) is 3.60. The number of benzene rings is 1. The van der Waals surface area contributed by atoms with E-state index in [9.17, 15) is 4.79 Å². The van der Waals surface area contributed by atoms with Crippen molar-refractivity contribution in [3.8, 4) is 0 Å². The number of aromatic amines is 1. The third-order valence-electron chi connectivity index (χ3n) is 4.57. The first kappa shape index (κ1) is 20.0. The second kappa shape index (κ2) is 8.97. The molecule has 0 saturated carbocycles. The van der Waals surface area contributed by atoms with E-state index in [4.69, 9.17) is 12.2 Å². The van der Waals surface area contributed by atoms with Crippen LogP contribution < -0.4 is 10.9 Å². The number of para-hydroxylation sites is 1. The largest absolute Gasteiger partial charge is 0.362 e. The van der Waals surface area contributed by atoms with Crippen molar-refractivity contribution in [2.75, 3.05) is 6.54 Å². The molecule has 0 aliphatic rings. The fourth-order valence-corrected chi connectivity index (χ4v) is 3.28. The predicted octanol–water partition coefficient (Wildman–Crippen LogP) is 3.76. The maximum absolute atomic E-state index is 12.7. The molecule has 2 N–H and O–H groups in total. The summed E-state index contributed by atoms with van der Waals surface area (Å²) in [4.78, 5) is 21.9. The molecular weight excluding hydrogens is 368 g/mol. The number of aryl methyl sites for hydroxylation is 1. The van der Waals surface area contributed by atoms with Gasteiger partial charge in [-0.2, -0.15) is 0 Å². The van der Waals surface area contributed by atoms with Crippen LogP contribution in [0.3, 0.4) is 0 Å². The molecule has 146 valence electrons. The van der Waals surface area contributed by atoms with Crippen molar-refractivity contribution in [3.05, 3.63) is 75.8 Å². The third kappa shape index (κ3) is 4.95. The number of hydrogen-bond donors (Lipinski definition) is 2. The summed E-state index contributed by atoms with van der Waals surface area (Å²) in [6.07, 6.45) is 3.57. The topological polar surface area (TPSA) is 61.0 Å². The van der Waals surface area contributed by atoms with Crippen LogP contribution in [0.15, 0.2) is 53.6 Å². The van der Waals surface area contributed by atoms with Gasteiger partial charge < -0.3 is 15.2 Å². The lowest BCUT2D eigenvalue weighted by Crippen LogP contribution is -2.41. The Hall–Kier alpha value is -2.73. The molecule has 28 heavy (non-hydrogen) atoms. The van der Waals surface area contributed by atoms with E-state index >= 15 is 0 Å². The second-order valence-corrected chi connectivity index (χ2v) is 7.85. The van der Waals surface area contributed by atoms with Crippen LogP contribution in [0.4, 0.5) is 0 Å². The summed E-state index contributed by atoms with van der Waals surface area (Å²) in [5, 5.41) is 4.98. The van der Waals surface area contributed by atoms with E-state index in [0.29, 0.717) is 29.7 Å². The van der Waals surface area contributed by atoms with Crippen LogP contribution in [0.2, 0.25) is 0 Å². The number of rotatable bonds is 6. The number of pyridine rings is 2. The minimum Gasteiger partial charge on any atom is -0.362 e. The molecular formula is C22H26N4OS. The standard InChI is InChI=1S/C22H26N4OS/c1-15(2)11-24-22(28)26(13-17-7-5-9-23-12-17)14-19-10-18-8-4-6-16(3)20(18)25-21(19)27/h4-10,12,15H,11,13-14H2,1-3H3,(H,24,28)(H,25,27). The van der Waals surface area contributed by atoms with Crippen molar-refractivity contribution in [3.63, 3.8) is 0 Å². The van der Waals surface area contributed by atoms with Crippen LogP contribution in [-0.4, -0.2) is 26.5 Å². The molecule has 0 spiro atoms. The van der Waals surface area contributed by atoms with Gasteiger partial charge in [-0.15, -0.1) is 0 Å². The first-order valence-electron chi connectivity index (χ1n) is 9.47. The Labute approximate surface area is 170 Å². The summed E-state index contributed by atoms with van der Waals surface area (Å²) in [7, 11) is 0. The van der Waals surface area contributed by atoms with Gasteiger partial charge in [0, 0.05) is 31.0 Å². The molecule has 1 aromatic carbocycles. The van der Waals surface area contributed by atoms with Crippen molar-refractivity contribution >= 4 is 28.2 Å². The molecule has 0 fully saturated rings. The zero-order chi connectivity index (χ0) is 20.1. The number of thiocarbonyl (C=S) groups is 1. The maximum Gasteiger partial charge on any atom is 0.253 e. The Bertz CT molecular complexity index is 1010. The monoisotopic (exact) mass is 394 g/mol. The molecule has 0 unspecified atom stereocenters. The van der Waals surface area contributed by atoms with Gasteiger partial charge in [0.25, 0.3) is 5.56 Å². The van der Waals surface area contributed by atoms with Crippen LogP contribution in [-0.2, 0) is 13.1 Å². The fourth-order valence-electron chi connectivity index (χ4n) is 3.07. The highest BCUT2D eigenvalue weighted by molar-refractivity contribution is 7.80. The molecule has 0 radical (unpaired) electrons. The molecule has 2 aromatic heterocycles. The van der Waals surface area contributed by atoms with Gasteiger partial charge in [0.2, 0.25) is 0 Å². The lowest BCUT2D eigenvalue weighted by atomic mass is 10.1. The van der Waals surface area contributed by atoms with Crippen LogP contribution in [0.5, 0.6) is 0 Å². The smallest absolute Gasteiger partial charge is 0.253 e. The summed E-state index contributed by atoms with van der Waals surface area (Å²) >= 11 is 5.63. The molecule has 3 rings (SSSR count). The summed E-state index contributed by atoms with van der Waals surface area (Å²) in [5.74, 6) is 0.477. The van der Waals surface area contributed by atoms with E-state index in [1.165, 1.54) is 0 Å². The Morgan fingerprint density at radius 1 is 1.25 bits per heavy atom. The van der Waals surface area contributed by atoms with Crippen LogP contribution in [0, 0.1) is 12.8 Å². The molecule has 0 bridgehead atoms. The minimum atomic E-state index is -0.0790. The maximum atomic E-state index is 12.7. The van der Waals surface area contributed by atoms with Gasteiger partial charge in [0.05, 0.1) is 12.1 Å². The Morgan fingerprint density at radius 3 is 2.79 bits per heavy atom. The molecule has 0 atom stereocenters. The molecule has 0 aliphatic carbocycles. The first-order valence-corrected chi connectivity index (χ1v) is 9.88. The second-order valence-electron chi connectivity index (χ2n) is 7.46. The highest BCUT2D eigenvalue weighted by Gasteiger charge is 2.14. The van der Waals surface area contributed by atoms with Gasteiger partial charge >= 0.3 is 0 Å². The molecule has 0 amide bonds. The van der Waals surface area contributed by atoms with Crippen molar-refractivity contribution in [1.82, 2.24) is 20.2 Å². The van der Waals surface area contributed by atoms with Crippen LogP contribution >= 0.6 is 12.2 Å². The van der Waals surface area contributed by atoms with E-state index in [1.54, 1.807) is 6.20 Å². The average Bonchev–Trinajstić information content (AvgIpc) is 2.67. The molecule has 2 heterocycles. The van der Waals surface area contributed by atoms with Gasteiger partial charge in [0.1, 0.15) is 0 Å². The third-order valence-corrected chi connectivity index (χ3v) is 4.97. The van der Waals surface area contributed by atoms with Gasteiger partial charge in [-0.05, 0) is 53.7 Å². The molecule has 0 saturated heterocycles. The van der Waals surface area contributed by atoms with Gasteiger partial charge in [-0.1, -0.05) is 38.1 Å². The molecule has 3 aromatic rings. The van der Waals surface area contributed by atoms with E-state index in [-0.39, 0.29) is 5.56 Å². The Balaban J connectivity index is 1.89. The van der Waals surface area contributed by atoms with Gasteiger partial charge in [-0.3, -0.25) is 9.78 Å². The summed E-state index contributed by atoms with van der Waals surface area (Å²) in [6.45, 7) is 8.07. The van der Waals surface area contributed by atoms with Crippen LogP contribution in [0.1, 0.15) is 30.5 Å². The van der Waals surface area contributed by atoms with E-state index in [2.05, 4.69) is 29.1 Å². The SMILES string of the molecule is Cc1cccc2cc(CN(Cc3cccnc3)C(=S)NCC(C)C)c(=O)[nH]c12. The van der Waals surface area contributed by atoms with E-state index in [1.807, 2.05) is 54.4 Å². The summed E-state index contributed by atoms with van der Waals surface area (Å²) in [6, 6.07) is 11.9. The van der Waals surface area contributed by atoms with Crippen molar-refractivity contribution in [2.45, 2.75) is 33.9 Å². The molecule has 0 aliphatic heterocycles. The minimum absolute atomic E-state index is 0.0790. The van der Waals surface area contributed by atoms with Crippen LogP contribution in [0.25, 0.3) is 10.9 Å². The zero-order valence-corrected chi connectivity index (χ0v) is 17.3. The Morgan fingerprint density at radius 2 is 2.07 bits per heavy atom. The van der Waals surface area contributed by atoms with Gasteiger partial charge in [0.15, 0.2) is 5.11 Å². The highest BCUT2D eigenvalue weighted by atomic mass is 32.1. The molecule has 6 heteroatoms. The predicted molar refractivity (Wildman–Crippen MR) is 118 cm³/mol. The average molecular weight is 395 g/mol. The number of nitrogens with one attached hydrogen (secondary N) is 2. The van der Waals surface area contributed by atoms with E-state index in [0.717, 1.165) is 28.6 Å². The Kier molecular flexibility index (Phi) is 6.41. The quantitative estimate of drug-likeness (QED) is 0.623. The van der Waals surface area contributed by atoms with Crippen molar-refractivity contribution in [2.24, 2.45) is 5.92 Å². The summed E-state index contributed by atoms with van der Waals surface area (Å²) < 4.78 is 0. The zero-order valence-electron chi connectivity index (χ0n) is 16.5. The first-order chi connectivity index (χ1) is 13.4. The number of hydrogen-bond acceptors (Lipinski definition) is 3. The number of H-pyrrole nitrogens is 1. The number of nitrogens with zero attached hydrogens (tertiary/aromatic N) is 2. The number of fused-ring (bicyclic) bond motifs is 1. The highest BCUT2D eigenvalue weighted by Crippen LogP contribution is 2.16. The fraction of sp³-hybridized carbons (Fsp3) is 0.318.